The van der Waals surface area contributed by atoms with Crippen LogP contribution in [0.1, 0.15) is 24.5 Å². The molecule has 2 N–H and O–H groups in total. The highest BCUT2D eigenvalue weighted by Crippen LogP contribution is 2.19. The molecule has 5 heteroatoms. The molecule has 1 aromatic rings. The fourth-order valence-electron chi connectivity index (χ4n) is 2.68. The van der Waals surface area contributed by atoms with E-state index in [0.717, 1.165) is 25.1 Å². The minimum atomic E-state index is -0.319. The van der Waals surface area contributed by atoms with Gasteiger partial charge in [-0.15, -0.1) is 0 Å². The fraction of sp³-hybridized carbons (Fsp3) is 0.562. The van der Waals surface area contributed by atoms with Gasteiger partial charge in [0.05, 0.1) is 12.6 Å². The average molecular weight is 294 g/mol. The highest BCUT2D eigenvalue weighted by atomic mass is 19.1. The number of hydrogen-bond donors (Lipinski definition) is 2. The summed E-state index contributed by atoms with van der Waals surface area (Å²) in [6, 6.07) is 4.85. The predicted molar refractivity (Wildman–Crippen MR) is 79.2 cm³/mol. The number of halogens is 1. The maximum absolute atomic E-state index is 13.2. The SMILES string of the molecule is Cc1cc(CNC(=O)CN2CCC(C(C)O)C2)ccc1F. The van der Waals surface area contributed by atoms with Crippen LogP contribution in [0.15, 0.2) is 18.2 Å². The second-order valence-electron chi connectivity index (χ2n) is 5.88. The summed E-state index contributed by atoms with van der Waals surface area (Å²) in [6.45, 7) is 5.88. The minimum Gasteiger partial charge on any atom is -0.393 e. The Morgan fingerprint density at radius 2 is 2.33 bits per heavy atom. The van der Waals surface area contributed by atoms with E-state index in [4.69, 9.17) is 0 Å². The number of likely N-dealkylation sites (tertiary alicyclic amines) is 1. The molecule has 4 nitrogen and oxygen atoms in total. The summed E-state index contributed by atoms with van der Waals surface area (Å²) in [5, 5.41) is 12.4. The van der Waals surface area contributed by atoms with Gasteiger partial charge in [-0.25, -0.2) is 4.39 Å². The third kappa shape index (κ3) is 4.51. The lowest BCUT2D eigenvalue weighted by Gasteiger charge is -2.17. The molecule has 1 aliphatic heterocycles. The van der Waals surface area contributed by atoms with Crippen molar-refractivity contribution in [2.75, 3.05) is 19.6 Å². The topological polar surface area (TPSA) is 52.6 Å². The molecule has 0 radical (unpaired) electrons. The number of nitrogens with one attached hydrogen (secondary N) is 1. The van der Waals surface area contributed by atoms with Crippen LogP contribution in [0.4, 0.5) is 4.39 Å². The zero-order valence-electron chi connectivity index (χ0n) is 12.6. The molecule has 2 unspecified atom stereocenters. The minimum absolute atomic E-state index is 0.0387. The molecule has 2 rings (SSSR count). The fourth-order valence-corrected chi connectivity index (χ4v) is 2.68. The van der Waals surface area contributed by atoms with Crippen molar-refractivity contribution in [2.24, 2.45) is 5.92 Å². The van der Waals surface area contributed by atoms with Crippen molar-refractivity contribution in [3.8, 4) is 0 Å². The molecule has 0 aromatic heterocycles. The summed E-state index contributed by atoms with van der Waals surface area (Å²) in [5.41, 5.74) is 1.48. The number of hydrogen-bond acceptors (Lipinski definition) is 3. The van der Waals surface area contributed by atoms with Gasteiger partial charge < -0.3 is 10.4 Å². The van der Waals surface area contributed by atoms with Gasteiger partial charge in [-0.3, -0.25) is 9.69 Å². The zero-order chi connectivity index (χ0) is 15.4. The van der Waals surface area contributed by atoms with E-state index in [-0.39, 0.29) is 23.7 Å². The van der Waals surface area contributed by atoms with Gasteiger partial charge in [0.15, 0.2) is 0 Å². The van der Waals surface area contributed by atoms with Gasteiger partial charge in [0.25, 0.3) is 0 Å². The molecule has 1 amide bonds. The first-order chi connectivity index (χ1) is 9.95. The molecule has 21 heavy (non-hydrogen) atoms. The Morgan fingerprint density at radius 1 is 1.57 bits per heavy atom. The molecule has 0 saturated carbocycles. The quantitative estimate of drug-likeness (QED) is 0.864. The van der Waals surface area contributed by atoms with Crippen LogP contribution in [0.25, 0.3) is 0 Å². The Hall–Kier alpha value is -1.46. The Kier molecular flexibility index (Phi) is 5.31. The number of aliphatic hydroxyl groups excluding tert-OH is 1. The molecular weight excluding hydrogens is 271 g/mol. The van der Waals surface area contributed by atoms with Crippen molar-refractivity contribution < 1.29 is 14.3 Å². The maximum atomic E-state index is 13.2. The van der Waals surface area contributed by atoms with Crippen LogP contribution >= 0.6 is 0 Å². The van der Waals surface area contributed by atoms with E-state index in [0.29, 0.717) is 18.7 Å². The smallest absolute Gasteiger partial charge is 0.234 e. The van der Waals surface area contributed by atoms with Crippen LogP contribution in [-0.4, -0.2) is 41.7 Å². The Bertz CT molecular complexity index is 505. The third-order valence-corrected chi connectivity index (χ3v) is 4.07. The number of nitrogens with zero attached hydrogens (tertiary/aromatic N) is 1. The summed E-state index contributed by atoms with van der Waals surface area (Å²) in [6.07, 6.45) is 0.613. The van der Waals surface area contributed by atoms with E-state index in [9.17, 15) is 14.3 Å². The van der Waals surface area contributed by atoms with E-state index < -0.39 is 0 Å². The molecule has 0 spiro atoms. The predicted octanol–water partition coefficient (Wildman–Crippen LogP) is 1.45. The highest BCUT2D eigenvalue weighted by Gasteiger charge is 2.26. The van der Waals surface area contributed by atoms with Gasteiger partial charge in [-0.2, -0.15) is 0 Å². The molecule has 2 atom stereocenters. The molecule has 1 heterocycles. The average Bonchev–Trinajstić information content (AvgIpc) is 2.89. The number of amides is 1. The first kappa shape index (κ1) is 15.9. The lowest BCUT2D eigenvalue weighted by Crippen LogP contribution is -2.36. The normalized spacial score (nSPS) is 20.5. The number of aryl methyl sites for hydroxylation is 1. The first-order valence-corrected chi connectivity index (χ1v) is 7.38. The van der Waals surface area contributed by atoms with Gasteiger partial charge >= 0.3 is 0 Å². The Morgan fingerprint density at radius 3 is 2.95 bits per heavy atom. The largest absolute Gasteiger partial charge is 0.393 e. The number of carbonyl (C=O) groups is 1. The van der Waals surface area contributed by atoms with Gasteiger partial charge in [0.1, 0.15) is 5.82 Å². The van der Waals surface area contributed by atoms with Crippen molar-refractivity contribution in [1.82, 2.24) is 10.2 Å². The zero-order valence-corrected chi connectivity index (χ0v) is 12.6. The van der Waals surface area contributed by atoms with Gasteiger partial charge in [0.2, 0.25) is 5.91 Å². The Balaban J connectivity index is 1.76. The van der Waals surface area contributed by atoms with Crippen molar-refractivity contribution in [1.29, 1.82) is 0 Å². The van der Waals surface area contributed by atoms with Crippen molar-refractivity contribution in [2.45, 2.75) is 32.9 Å². The number of rotatable bonds is 5. The van der Waals surface area contributed by atoms with Gasteiger partial charge in [-0.1, -0.05) is 12.1 Å². The van der Waals surface area contributed by atoms with Crippen molar-refractivity contribution in [3.63, 3.8) is 0 Å². The summed E-state index contributed by atoms with van der Waals surface area (Å²) >= 11 is 0. The molecular formula is C16H23FN2O2. The summed E-state index contributed by atoms with van der Waals surface area (Å²) in [4.78, 5) is 14.0. The van der Waals surface area contributed by atoms with Crippen LogP contribution < -0.4 is 5.32 Å². The van der Waals surface area contributed by atoms with Crippen LogP contribution in [-0.2, 0) is 11.3 Å². The van der Waals surface area contributed by atoms with Gasteiger partial charge in [-0.05, 0) is 49.9 Å². The maximum Gasteiger partial charge on any atom is 0.234 e. The summed E-state index contributed by atoms with van der Waals surface area (Å²) in [5.74, 6) is -0.00734. The lowest BCUT2D eigenvalue weighted by atomic mass is 10.0. The van der Waals surface area contributed by atoms with Crippen LogP contribution in [0.5, 0.6) is 0 Å². The monoisotopic (exact) mass is 294 g/mol. The molecule has 1 aliphatic rings. The highest BCUT2D eigenvalue weighted by molar-refractivity contribution is 5.78. The van der Waals surface area contributed by atoms with Crippen molar-refractivity contribution in [3.05, 3.63) is 35.1 Å². The molecule has 1 saturated heterocycles. The van der Waals surface area contributed by atoms with E-state index in [1.54, 1.807) is 26.0 Å². The standard InChI is InChI=1S/C16H23FN2O2/c1-11-7-13(3-4-15(11)17)8-18-16(21)10-19-6-5-14(9-19)12(2)20/h3-4,7,12,14,20H,5-6,8-10H2,1-2H3,(H,18,21). The van der Waals surface area contributed by atoms with Gasteiger partial charge in [0, 0.05) is 13.1 Å². The van der Waals surface area contributed by atoms with E-state index in [1.165, 1.54) is 6.07 Å². The van der Waals surface area contributed by atoms with E-state index >= 15 is 0 Å². The number of carbonyl (C=O) groups excluding carboxylic acids is 1. The first-order valence-electron chi connectivity index (χ1n) is 7.38. The van der Waals surface area contributed by atoms with Crippen molar-refractivity contribution >= 4 is 5.91 Å². The Labute approximate surface area is 125 Å². The second-order valence-corrected chi connectivity index (χ2v) is 5.88. The second kappa shape index (κ2) is 7.00. The third-order valence-electron chi connectivity index (χ3n) is 4.07. The van der Waals surface area contributed by atoms with E-state index in [1.807, 2.05) is 0 Å². The molecule has 116 valence electrons. The molecule has 1 aromatic carbocycles. The molecule has 0 aliphatic carbocycles. The lowest BCUT2D eigenvalue weighted by molar-refractivity contribution is -0.122. The summed E-state index contributed by atoms with van der Waals surface area (Å²) < 4.78 is 13.2. The molecule has 0 bridgehead atoms. The van der Waals surface area contributed by atoms with E-state index in [2.05, 4.69) is 10.2 Å². The van der Waals surface area contributed by atoms with Crippen LogP contribution in [0.3, 0.4) is 0 Å². The molecule has 1 fully saturated rings. The summed E-state index contributed by atoms with van der Waals surface area (Å²) in [7, 11) is 0. The van der Waals surface area contributed by atoms with Crippen LogP contribution in [0.2, 0.25) is 0 Å². The number of aliphatic hydroxyl groups is 1. The van der Waals surface area contributed by atoms with Crippen LogP contribution in [0, 0.1) is 18.7 Å². The number of benzene rings is 1.